The Morgan fingerprint density at radius 2 is 1.13 bits per heavy atom. The van der Waals surface area contributed by atoms with Gasteiger partial charge in [0.2, 0.25) is 10.8 Å². The third-order valence-electron chi connectivity index (χ3n) is 5.62. The molecule has 0 saturated heterocycles. The maximum atomic E-state index is 14.3. The molecule has 1 aliphatic carbocycles. The molecule has 0 amide bonds. The van der Waals surface area contributed by atoms with Crippen molar-refractivity contribution in [3.8, 4) is 0 Å². The molecule has 2 aromatic heterocycles. The van der Waals surface area contributed by atoms with Crippen molar-refractivity contribution in [2.75, 3.05) is 14.2 Å². The minimum Gasteiger partial charge on any atom is -0.468 e. The van der Waals surface area contributed by atoms with Crippen LogP contribution >= 0.6 is 0 Å². The summed E-state index contributed by atoms with van der Waals surface area (Å²) in [5.74, 6) is -1.34. The summed E-state index contributed by atoms with van der Waals surface area (Å²) in [4.78, 5) is 40.8. The molecule has 1 aromatic carbocycles. The summed E-state index contributed by atoms with van der Waals surface area (Å²) in [6, 6.07) is 13.0. The monoisotopic (exact) mass is 408 g/mol. The van der Waals surface area contributed by atoms with Crippen LogP contribution in [0.2, 0.25) is 0 Å². The Labute approximate surface area is 172 Å². The van der Waals surface area contributed by atoms with E-state index in [0.29, 0.717) is 11.5 Å². The number of carbonyl (C=O) groups excluding carboxylic acids is 3. The van der Waals surface area contributed by atoms with Crippen LogP contribution in [0.25, 0.3) is 0 Å². The molecule has 4 rings (SSSR count). The van der Waals surface area contributed by atoms with Gasteiger partial charge in [-0.05, 0) is 49.2 Å². The van der Waals surface area contributed by atoms with Gasteiger partial charge in [-0.2, -0.15) is 0 Å². The van der Waals surface area contributed by atoms with E-state index < -0.39 is 28.6 Å². The number of hydrogen-bond donors (Lipinski definition) is 0. The minimum atomic E-state index is -1.99. The Morgan fingerprint density at radius 3 is 1.43 bits per heavy atom. The number of Topliss-reactive ketones (excluding diaryl/α,β-unsaturated/α-hetero) is 1. The van der Waals surface area contributed by atoms with Crippen LogP contribution in [0.3, 0.4) is 0 Å². The molecule has 30 heavy (non-hydrogen) atoms. The zero-order valence-electron chi connectivity index (χ0n) is 17.0. The molecule has 1 aliphatic rings. The van der Waals surface area contributed by atoms with Crippen LogP contribution in [0.4, 0.5) is 0 Å². The fourth-order valence-electron chi connectivity index (χ4n) is 4.34. The number of aryl methyl sites for hydroxylation is 2. The molecule has 7 heteroatoms. The standard InChI is InChI=1S/C23H20O7/c1-13-9-11-17(29-13)22(20(25)27-3)15-7-5-6-8-16(15)23(19(22)24,21(26)28-4)18-12-10-14(2)30-18/h5-12H,1-4H3. The molecule has 154 valence electrons. The number of hydrogen-bond acceptors (Lipinski definition) is 7. The van der Waals surface area contributed by atoms with Crippen molar-refractivity contribution in [3.63, 3.8) is 0 Å². The molecule has 0 radical (unpaired) electrons. The number of esters is 2. The summed E-state index contributed by atoms with van der Waals surface area (Å²) in [5, 5.41) is 0. The summed E-state index contributed by atoms with van der Waals surface area (Å²) >= 11 is 0. The van der Waals surface area contributed by atoms with Gasteiger partial charge in [0, 0.05) is 0 Å². The highest BCUT2D eigenvalue weighted by Crippen LogP contribution is 2.54. The van der Waals surface area contributed by atoms with Crippen molar-refractivity contribution in [1.29, 1.82) is 0 Å². The summed E-state index contributed by atoms with van der Waals surface area (Å²) in [6.07, 6.45) is 0. The molecule has 0 fully saturated rings. The van der Waals surface area contributed by atoms with Crippen molar-refractivity contribution in [2.45, 2.75) is 24.7 Å². The molecule has 0 aliphatic heterocycles. The number of fused-ring (bicyclic) bond motifs is 1. The Hall–Kier alpha value is -3.61. The second kappa shape index (κ2) is 6.73. The van der Waals surface area contributed by atoms with Gasteiger partial charge in [0.1, 0.15) is 23.0 Å². The summed E-state index contributed by atoms with van der Waals surface area (Å²) in [7, 11) is 2.37. The van der Waals surface area contributed by atoms with Gasteiger partial charge < -0.3 is 18.3 Å². The predicted octanol–water partition coefficient (Wildman–Crippen LogP) is 2.99. The Morgan fingerprint density at radius 1 is 0.733 bits per heavy atom. The van der Waals surface area contributed by atoms with Gasteiger partial charge in [0.05, 0.1) is 14.2 Å². The van der Waals surface area contributed by atoms with Crippen molar-refractivity contribution in [2.24, 2.45) is 0 Å². The van der Waals surface area contributed by atoms with E-state index in [0.717, 1.165) is 0 Å². The second-order valence-electron chi connectivity index (χ2n) is 7.18. The number of ketones is 1. The van der Waals surface area contributed by atoms with Crippen molar-refractivity contribution in [3.05, 3.63) is 82.7 Å². The Balaban J connectivity index is 2.18. The molecular weight excluding hydrogens is 388 g/mol. The third-order valence-corrected chi connectivity index (χ3v) is 5.62. The average molecular weight is 408 g/mol. The lowest BCUT2D eigenvalue weighted by atomic mass is 9.72. The predicted molar refractivity (Wildman–Crippen MR) is 104 cm³/mol. The number of carbonyl (C=O) groups is 3. The molecular formula is C23H20O7. The molecule has 0 N–H and O–H groups in total. The Bertz CT molecular complexity index is 1080. The molecule has 0 bridgehead atoms. The van der Waals surface area contributed by atoms with E-state index in [4.69, 9.17) is 18.3 Å². The van der Waals surface area contributed by atoms with Crippen LogP contribution in [0.1, 0.15) is 34.2 Å². The molecule has 3 aromatic rings. The lowest BCUT2D eigenvalue weighted by Gasteiger charge is -2.27. The van der Waals surface area contributed by atoms with Gasteiger partial charge in [0.15, 0.2) is 5.78 Å². The first-order valence-electron chi connectivity index (χ1n) is 9.30. The van der Waals surface area contributed by atoms with Crippen molar-refractivity contribution in [1.82, 2.24) is 0 Å². The maximum absolute atomic E-state index is 14.3. The normalized spacial score (nSPS) is 22.6. The first kappa shape index (κ1) is 19.7. The largest absolute Gasteiger partial charge is 0.468 e. The van der Waals surface area contributed by atoms with Crippen molar-refractivity contribution >= 4 is 17.7 Å². The fraction of sp³-hybridized carbons (Fsp3) is 0.261. The van der Waals surface area contributed by atoms with E-state index in [2.05, 4.69) is 0 Å². The second-order valence-corrected chi connectivity index (χ2v) is 7.18. The zero-order valence-corrected chi connectivity index (χ0v) is 17.0. The first-order chi connectivity index (χ1) is 14.3. The van der Waals surface area contributed by atoms with E-state index in [1.165, 1.54) is 14.2 Å². The quantitative estimate of drug-likeness (QED) is 0.484. The molecule has 2 heterocycles. The topological polar surface area (TPSA) is 96.0 Å². The first-order valence-corrected chi connectivity index (χ1v) is 9.30. The third kappa shape index (κ3) is 2.23. The van der Waals surface area contributed by atoms with E-state index in [-0.39, 0.29) is 22.6 Å². The summed E-state index contributed by atoms with van der Waals surface area (Å²) in [5.41, 5.74) is -3.41. The molecule has 0 saturated carbocycles. The SMILES string of the molecule is COC(=O)C1(c2ccc(C)o2)C(=O)C(C(=O)OC)(c2ccc(C)o2)c2ccccc21. The van der Waals surface area contributed by atoms with E-state index >= 15 is 0 Å². The number of benzene rings is 1. The van der Waals surface area contributed by atoms with E-state index in [1.807, 2.05) is 0 Å². The van der Waals surface area contributed by atoms with Gasteiger partial charge >= 0.3 is 11.9 Å². The molecule has 2 unspecified atom stereocenters. The van der Waals surface area contributed by atoms with Gasteiger partial charge in [-0.25, -0.2) is 0 Å². The molecule has 0 spiro atoms. The van der Waals surface area contributed by atoms with Crippen LogP contribution < -0.4 is 0 Å². The van der Waals surface area contributed by atoms with Crippen LogP contribution in [0, 0.1) is 13.8 Å². The molecule has 7 nitrogen and oxygen atoms in total. The Kier molecular flexibility index (Phi) is 4.42. The number of furan rings is 2. The van der Waals surface area contributed by atoms with E-state index in [9.17, 15) is 14.4 Å². The minimum absolute atomic E-state index is 0.0679. The number of ether oxygens (including phenoxy) is 2. The summed E-state index contributed by atoms with van der Waals surface area (Å²) < 4.78 is 21.7. The average Bonchev–Trinajstić information content (AvgIpc) is 3.43. The molecule has 2 atom stereocenters. The van der Waals surface area contributed by atoms with Gasteiger partial charge in [-0.15, -0.1) is 0 Å². The summed E-state index contributed by atoms with van der Waals surface area (Å²) in [6.45, 7) is 3.40. The highest BCUT2D eigenvalue weighted by molar-refractivity contribution is 6.29. The zero-order chi connectivity index (χ0) is 21.7. The smallest absolute Gasteiger partial charge is 0.331 e. The lowest BCUT2D eigenvalue weighted by molar-refractivity contribution is -0.155. The van der Waals surface area contributed by atoms with Gasteiger partial charge in [-0.3, -0.25) is 14.4 Å². The number of methoxy groups -OCH3 is 2. The van der Waals surface area contributed by atoms with Gasteiger partial charge in [0.25, 0.3) is 0 Å². The highest BCUT2D eigenvalue weighted by Gasteiger charge is 2.72. The lowest BCUT2D eigenvalue weighted by Crippen LogP contribution is -2.52. The fourth-order valence-corrected chi connectivity index (χ4v) is 4.34. The van der Waals surface area contributed by atoms with E-state index in [1.54, 1.807) is 62.4 Å². The van der Waals surface area contributed by atoms with Crippen LogP contribution in [-0.2, 0) is 34.7 Å². The maximum Gasteiger partial charge on any atom is 0.331 e. The highest BCUT2D eigenvalue weighted by atomic mass is 16.5. The van der Waals surface area contributed by atoms with Crippen LogP contribution in [-0.4, -0.2) is 31.9 Å². The number of rotatable bonds is 4. The van der Waals surface area contributed by atoms with Crippen molar-refractivity contribution < 1.29 is 32.7 Å². The van der Waals surface area contributed by atoms with Gasteiger partial charge in [-0.1, -0.05) is 24.3 Å². The van der Waals surface area contributed by atoms with Crippen LogP contribution in [0.5, 0.6) is 0 Å². The van der Waals surface area contributed by atoms with Crippen LogP contribution in [0.15, 0.2) is 57.4 Å².